The van der Waals surface area contributed by atoms with E-state index in [0.29, 0.717) is 18.7 Å². The first kappa shape index (κ1) is 15.5. The van der Waals surface area contributed by atoms with Gasteiger partial charge < -0.3 is 14.9 Å². The van der Waals surface area contributed by atoms with Crippen LogP contribution in [0, 0.1) is 6.92 Å². The molecular formula is C15H24N2O2. The van der Waals surface area contributed by atoms with Crippen molar-refractivity contribution in [2.24, 2.45) is 0 Å². The summed E-state index contributed by atoms with van der Waals surface area (Å²) < 4.78 is 0. The van der Waals surface area contributed by atoms with Crippen molar-refractivity contribution in [3.63, 3.8) is 0 Å². The number of rotatable bonds is 6. The summed E-state index contributed by atoms with van der Waals surface area (Å²) in [6.45, 7) is 6.14. The van der Waals surface area contributed by atoms with E-state index in [-0.39, 0.29) is 11.7 Å². The van der Waals surface area contributed by atoms with Gasteiger partial charge in [0.25, 0.3) is 5.91 Å². The normalized spacial score (nSPS) is 10.8. The van der Waals surface area contributed by atoms with E-state index in [2.05, 4.69) is 0 Å². The Morgan fingerprint density at radius 1 is 1.21 bits per heavy atom. The number of aromatic hydroxyl groups is 1. The highest BCUT2D eigenvalue weighted by Gasteiger charge is 2.18. The second kappa shape index (κ2) is 7.14. The Morgan fingerprint density at radius 2 is 1.89 bits per heavy atom. The van der Waals surface area contributed by atoms with Gasteiger partial charge in [-0.15, -0.1) is 0 Å². The van der Waals surface area contributed by atoms with E-state index in [1.807, 2.05) is 38.9 Å². The predicted molar refractivity (Wildman–Crippen MR) is 77.6 cm³/mol. The summed E-state index contributed by atoms with van der Waals surface area (Å²) in [5, 5.41) is 9.90. The maximum Gasteiger partial charge on any atom is 0.257 e. The fourth-order valence-corrected chi connectivity index (χ4v) is 1.90. The van der Waals surface area contributed by atoms with Crippen molar-refractivity contribution in [3.8, 4) is 5.75 Å². The number of phenols is 1. The number of nitrogens with zero attached hydrogens (tertiary/aromatic N) is 2. The predicted octanol–water partition coefficient (Wildman–Crippen LogP) is 2.11. The Labute approximate surface area is 115 Å². The van der Waals surface area contributed by atoms with Crippen molar-refractivity contribution in [3.05, 3.63) is 29.3 Å². The van der Waals surface area contributed by atoms with Gasteiger partial charge in [-0.1, -0.05) is 13.0 Å². The number of aryl methyl sites for hydroxylation is 1. The quantitative estimate of drug-likeness (QED) is 0.856. The van der Waals surface area contributed by atoms with Crippen LogP contribution in [0.4, 0.5) is 0 Å². The lowest BCUT2D eigenvalue weighted by Gasteiger charge is -2.24. The molecule has 106 valence electrons. The summed E-state index contributed by atoms with van der Waals surface area (Å²) in [7, 11) is 3.97. The molecule has 0 saturated heterocycles. The van der Waals surface area contributed by atoms with Gasteiger partial charge in [0.05, 0.1) is 5.56 Å². The number of hydrogen-bond donors (Lipinski definition) is 1. The average Bonchev–Trinajstić information content (AvgIpc) is 2.33. The third-order valence-electron chi connectivity index (χ3n) is 2.98. The molecule has 4 heteroatoms. The van der Waals surface area contributed by atoms with Crippen LogP contribution >= 0.6 is 0 Å². The van der Waals surface area contributed by atoms with Crippen LogP contribution in [0.1, 0.15) is 29.3 Å². The largest absolute Gasteiger partial charge is 0.507 e. The topological polar surface area (TPSA) is 43.8 Å². The first-order valence-electron chi connectivity index (χ1n) is 6.69. The smallest absolute Gasteiger partial charge is 0.257 e. The van der Waals surface area contributed by atoms with Gasteiger partial charge >= 0.3 is 0 Å². The fraction of sp³-hybridized carbons (Fsp3) is 0.533. The average molecular weight is 264 g/mol. The fourth-order valence-electron chi connectivity index (χ4n) is 1.90. The van der Waals surface area contributed by atoms with Crippen molar-refractivity contribution < 1.29 is 9.90 Å². The van der Waals surface area contributed by atoms with E-state index < -0.39 is 0 Å². The number of benzene rings is 1. The molecule has 4 nitrogen and oxygen atoms in total. The zero-order chi connectivity index (χ0) is 14.4. The van der Waals surface area contributed by atoms with E-state index in [9.17, 15) is 9.90 Å². The Hall–Kier alpha value is -1.55. The van der Waals surface area contributed by atoms with E-state index in [4.69, 9.17) is 0 Å². The molecule has 0 saturated carbocycles. The third kappa shape index (κ3) is 4.56. The molecule has 0 radical (unpaired) electrons. The lowest BCUT2D eigenvalue weighted by atomic mass is 10.1. The maximum absolute atomic E-state index is 12.4. The number of carbonyl (C=O) groups is 1. The highest BCUT2D eigenvalue weighted by molar-refractivity contribution is 5.96. The number of hydrogen-bond acceptors (Lipinski definition) is 3. The molecule has 0 unspecified atom stereocenters. The van der Waals surface area contributed by atoms with Gasteiger partial charge in [0, 0.05) is 19.6 Å². The summed E-state index contributed by atoms with van der Waals surface area (Å²) >= 11 is 0. The Morgan fingerprint density at radius 3 is 2.42 bits per heavy atom. The zero-order valence-electron chi connectivity index (χ0n) is 12.3. The summed E-state index contributed by atoms with van der Waals surface area (Å²) in [5.41, 5.74) is 1.34. The van der Waals surface area contributed by atoms with Gasteiger partial charge in [0.1, 0.15) is 5.75 Å². The second-order valence-electron chi connectivity index (χ2n) is 5.12. The van der Waals surface area contributed by atoms with Crippen molar-refractivity contribution in [2.75, 3.05) is 33.7 Å². The van der Waals surface area contributed by atoms with Crippen molar-refractivity contribution in [1.29, 1.82) is 0 Å². The van der Waals surface area contributed by atoms with E-state index in [1.54, 1.807) is 17.0 Å². The molecule has 0 spiro atoms. The van der Waals surface area contributed by atoms with Gasteiger partial charge in [-0.05, 0) is 45.1 Å². The van der Waals surface area contributed by atoms with Gasteiger partial charge in [0.2, 0.25) is 0 Å². The molecule has 0 bridgehead atoms. The number of likely N-dealkylation sites (N-methyl/N-ethyl adjacent to an activating group) is 1. The maximum atomic E-state index is 12.4. The third-order valence-corrected chi connectivity index (χ3v) is 2.98. The van der Waals surface area contributed by atoms with Gasteiger partial charge in [0.15, 0.2) is 0 Å². The second-order valence-corrected chi connectivity index (χ2v) is 5.12. The molecule has 1 aromatic carbocycles. The van der Waals surface area contributed by atoms with E-state index in [1.165, 1.54) is 0 Å². The van der Waals surface area contributed by atoms with Crippen molar-refractivity contribution in [1.82, 2.24) is 9.80 Å². The van der Waals surface area contributed by atoms with Crippen molar-refractivity contribution in [2.45, 2.75) is 20.3 Å². The summed E-state index contributed by atoms with van der Waals surface area (Å²) in [6.07, 6.45) is 0.909. The molecule has 0 atom stereocenters. The van der Waals surface area contributed by atoms with Crippen LogP contribution in [0.15, 0.2) is 18.2 Å². The molecular weight excluding hydrogens is 240 g/mol. The standard InChI is InChI=1S/C15H24N2O2/c1-5-8-17(10-9-16(3)4)15(19)13-7-6-12(2)11-14(13)18/h6-7,11,18H,5,8-10H2,1-4H3. The van der Waals surface area contributed by atoms with Crippen LogP contribution in [0.25, 0.3) is 0 Å². The molecule has 1 amide bonds. The van der Waals surface area contributed by atoms with Crippen LogP contribution in [0.3, 0.4) is 0 Å². The molecule has 0 fully saturated rings. The number of carbonyl (C=O) groups excluding carboxylic acids is 1. The lowest BCUT2D eigenvalue weighted by molar-refractivity contribution is 0.0742. The number of amides is 1. The molecule has 0 aliphatic rings. The molecule has 1 N–H and O–H groups in total. The monoisotopic (exact) mass is 264 g/mol. The number of phenolic OH excluding ortho intramolecular Hbond substituents is 1. The minimum absolute atomic E-state index is 0.0657. The van der Waals surface area contributed by atoms with Crippen molar-refractivity contribution >= 4 is 5.91 Å². The van der Waals surface area contributed by atoms with E-state index >= 15 is 0 Å². The van der Waals surface area contributed by atoms with Crippen LogP contribution in [-0.2, 0) is 0 Å². The van der Waals surface area contributed by atoms with Crippen LogP contribution in [0.2, 0.25) is 0 Å². The molecule has 0 heterocycles. The molecule has 1 rings (SSSR count). The molecule has 1 aromatic rings. The summed E-state index contributed by atoms with van der Waals surface area (Å²) in [6, 6.07) is 5.18. The van der Waals surface area contributed by atoms with Crippen LogP contribution in [0.5, 0.6) is 5.75 Å². The molecule has 0 aromatic heterocycles. The highest BCUT2D eigenvalue weighted by Crippen LogP contribution is 2.20. The van der Waals surface area contributed by atoms with Crippen LogP contribution < -0.4 is 0 Å². The molecule has 19 heavy (non-hydrogen) atoms. The van der Waals surface area contributed by atoms with Gasteiger partial charge in [-0.2, -0.15) is 0 Å². The highest BCUT2D eigenvalue weighted by atomic mass is 16.3. The van der Waals surface area contributed by atoms with Crippen LogP contribution in [-0.4, -0.2) is 54.5 Å². The lowest BCUT2D eigenvalue weighted by Crippen LogP contribution is -2.37. The zero-order valence-corrected chi connectivity index (χ0v) is 12.3. The Kier molecular flexibility index (Phi) is 5.83. The Bertz CT molecular complexity index is 430. The van der Waals surface area contributed by atoms with Gasteiger partial charge in [-0.3, -0.25) is 4.79 Å². The molecule has 0 aliphatic heterocycles. The van der Waals surface area contributed by atoms with E-state index in [0.717, 1.165) is 18.5 Å². The summed E-state index contributed by atoms with van der Waals surface area (Å²) in [5.74, 6) is -0.0304. The SMILES string of the molecule is CCCN(CCN(C)C)C(=O)c1ccc(C)cc1O. The first-order valence-corrected chi connectivity index (χ1v) is 6.69. The first-order chi connectivity index (χ1) is 8.95. The summed E-state index contributed by atoms with van der Waals surface area (Å²) in [4.78, 5) is 16.3. The Balaban J connectivity index is 2.85. The minimum atomic E-state index is -0.0961. The molecule has 0 aliphatic carbocycles. The minimum Gasteiger partial charge on any atom is -0.507 e. The van der Waals surface area contributed by atoms with Gasteiger partial charge in [-0.25, -0.2) is 0 Å².